The molecule has 2 aliphatic rings. The van der Waals surface area contributed by atoms with E-state index in [1.165, 1.54) is 24.3 Å². The van der Waals surface area contributed by atoms with Gasteiger partial charge in [0, 0.05) is 48.4 Å². The van der Waals surface area contributed by atoms with Crippen LogP contribution in [0.15, 0.2) is 30.3 Å². The minimum Gasteiger partial charge on any atom is -0.462 e. The molecular weight excluding hydrogens is 521 g/mol. The summed E-state index contributed by atoms with van der Waals surface area (Å²) in [5, 5.41) is 23.0. The summed E-state index contributed by atoms with van der Waals surface area (Å²) in [7, 11) is 2.03. The number of halogens is 3. The first-order valence-electron chi connectivity index (χ1n) is 13.1. The fourth-order valence-corrected chi connectivity index (χ4v) is 5.42. The SMILES string of the molecule is CN1CCC[C@H]1COc1nc(N2CCN[C@@H](CC#N)C2)c2cc(C#N)c(-c3cc(N)ccc3C(F)(F)F)cc2n1. The van der Waals surface area contributed by atoms with Crippen LogP contribution in [0.2, 0.25) is 0 Å². The van der Waals surface area contributed by atoms with Crippen LogP contribution in [-0.2, 0) is 6.18 Å². The third-order valence-electron chi connectivity index (χ3n) is 7.52. The molecule has 0 aliphatic carbocycles. The van der Waals surface area contributed by atoms with Gasteiger partial charge in [0.1, 0.15) is 12.4 Å². The molecule has 0 saturated carbocycles. The van der Waals surface area contributed by atoms with Gasteiger partial charge in [0.2, 0.25) is 0 Å². The van der Waals surface area contributed by atoms with Gasteiger partial charge in [-0.1, -0.05) is 0 Å². The summed E-state index contributed by atoms with van der Waals surface area (Å²) in [6.07, 6.45) is -2.30. The number of nitrogens with two attached hydrogens (primary N) is 1. The van der Waals surface area contributed by atoms with Crippen molar-refractivity contribution in [1.82, 2.24) is 20.2 Å². The lowest BCUT2D eigenvalue weighted by Crippen LogP contribution is -2.51. The van der Waals surface area contributed by atoms with Gasteiger partial charge in [-0.3, -0.25) is 0 Å². The minimum atomic E-state index is -4.65. The fourth-order valence-electron chi connectivity index (χ4n) is 5.42. The molecule has 208 valence electrons. The fraction of sp³-hybridized carbons (Fsp3) is 0.429. The highest BCUT2D eigenvalue weighted by molar-refractivity contribution is 5.96. The number of nitrogen functional groups attached to an aromatic ring is 1. The highest BCUT2D eigenvalue weighted by Crippen LogP contribution is 2.41. The number of likely N-dealkylation sites (N-methyl/N-ethyl adjacent to an activating group) is 1. The van der Waals surface area contributed by atoms with Gasteiger partial charge in [-0.2, -0.15) is 33.7 Å². The normalized spacial score (nSPS) is 19.9. The van der Waals surface area contributed by atoms with E-state index in [1.54, 1.807) is 0 Å². The maximum atomic E-state index is 14.0. The summed E-state index contributed by atoms with van der Waals surface area (Å²) in [6.45, 7) is 3.03. The standard InChI is InChI=1S/C28H29F3N8O/c1-38-9-2-3-20(38)16-40-27-36-25-13-21(22-12-18(34)4-5-24(22)28(29,30)31)17(14-33)11-23(25)26(37-27)39-10-8-35-19(15-39)6-7-32/h4-5,11-13,19-20,35H,2-3,6,8-10,15-16,34H2,1H3/t19-,20-/m0/s1. The van der Waals surface area contributed by atoms with Crippen LogP contribution in [-0.4, -0.2) is 66.8 Å². The van der Waals surface area contributed by atoms with E-state index in [0.717, 1.165) is 25.5 Å². The molecule has 9 nitrogen and oxygen atoms in total. The second-order valence-corrected chi connectivity index (χ2v) is 10.2. The van der Waals surface area contributed by atoms with E-state index < -0.39 is 11.7 Å². The number of hydrogen-bond acceptors (Lipinski definition) is 9. The molecular formula is C28H29F3N8O. The molecule has 3 N–H and O–H groups in total. The number of piperazine rings is 1. The van der Waals surface area contributed by atoms with Crippen molar-refractivity contribution in [2.24, 2.45) is 0 Å². The Bertz CT molecular complexity index is 1500. The number of nitrogens with one attached hydrogen (secondary N) is 1. The third kappa shape index (κ3) is 5.60. The third-order valence-corrected chi connectivity index (χ3v) is 7.52. The Balaban J connectivity index is 1.65. The lowest BCUT2D eigenvalue weighted by Gasteiger charge is -2.34. The smallest absolute Gasteiger partial charge is 0.417 e. The summed E-state index contributed by atoms with van der Waals surface area (Å²) < 4.78 is 47.9. The van der Waals surface area contributed by atoms with Crippen molar-refractivity contribution in [3.05, 3.63) is 41.5 Å². The summed E-state index contributed by atoms with van der Waals surface area (Å²) in [5.41, 5.74) is 5.38. The van der Waals surface area contributed by atoms with E-state index >= 15 is 0 Å². The predicted molar refractivity (Wildman–Crippen MR) is 144 cm³/mol. The van der Waals surface area contributed by atoms with Crippen LogP contribution in [0.25, 0.3) is 22.0 Å². The van der Waals surface area contributed by atoms with E-state index in [9.17, 15) is 23.7 Å². The van der Waals surface area contributed by atoms with E-state index in [2.05, 4.69) is 27.3 Å². The minimum absolute atomic E-state index is 0.0402. The number of rotatable bonds is 6. The molecule has 2 saturated heterocycles. The molecule has 12 heteroatoms. The van der Waals surface area contributed by atoms with Crippen molar-refractivity contribution in [2.75, 3.05) is 50.5 Å². The average molecular weight is 551 g/mol. The number of nitriles is 2. The average Bonchev–Trinajstić information content (AvgIpc) is 3.34. The Morgan fingerprint density at radius 1 is 1.15 bits per heavy atom. The Labute approximate surface area is 230 Å². The molecule has 2 fully saturated rings. The first-order chi connectivity index (χ1) is 19.2. The zero-order valence-electron chi connectivity index (χ0n) is 22.0. The molecule has 0 amide bonds. The molecule has 0 radical (unpaired) electrons. The number of hydrogen-bond donors (Lipinski definition) is 2. The number of fused-ring (bicyclic) bond motifs is 1. The van der Waals surface area contributed by atoms with Crippen LogP contribution in [0.3, 0.4) is 0 Å². The van der Waals surface area contributed by atoms with Crippen LogP contribution >= 0.6 is 0 Å². The second-order valence-electron chi connectivity index (χ2n) is 10.2. The highest BCUT2D eigenvalue weighted by Gasteiger charge is 2.34. The van der Waals surface area contributed by atoms with E-state index in [4.69, 9.17) is 15.5 Å². The van der Waals surface area contributed by atoms with Gasteiger partial charge in [-0.05, 0) is 62.3 Å². The van der Waals surface area contributed by atoms with Crippen molar-refractivity contribution in [3.8, 4) is 29.3 Å². The van der Waals surface area contributed by atoms with Crippen molar-refractivity contribution in [1.29, 1.82) is 10.5 Å². The van der Waals surface area contributed by atoms with Crippen molar-refractivity contribution >= 4 is 22.4 Å². The molecule has 40 heavy (non-hydrogen) atoms. The van der Waals surface area contributed by atoms with Gasteiger partial charge in [-0.25, -0.2) is 0 Å². The van der Waals surface area contributed by atoms with Crippen LogP contribution in [0.5, 0.6) is 6.01 Å². The molecule has 0 unspecified atom stereocenters. The Kier molecular flexibility index (Phi) is 7.66. The number of benzene rings is 2. The lowest BCUT2D eigenvalue weighted by atomic mass is 9.93. The molecule has 2 atom stereocenters. The van der Waals surface area contributed by atoms with Crippen molar-refractivity contribution in [2.45, 2.75) is 37.5 Å². The van der Waals surface area contributed by atoms with Gasteiger partial charge >= 0.3 is 12.2 Å². The van der Waals surface area contributed by atoms with Crippen molar-refractivity contribution in [3.63, 3.8) is 0 Å². The first kappa shape index (κ1) is 27.4. The first-order valence-corrected chi connectivity index (χ1v) is 13.1. The van der Waals surface area contributed by atoms with Gasteiger partial charge < -0.3 is 25.6 Å². The number of alkyl halides is 3. The summed E-state index contributed by atoms with van der Waals surface area (Å²) in [4.78, 5) is 13.5. The van der Waals surface area contributed by atoms with Gasteiger partial charge in [0.15, 0.2) is 0 Å². The Hall–Kier alpha value is -4.13. The van der Waals surface area contributed by atoms with Gasteiger partial charge in [-0.15, -0.1) is 0 Å². The topological polar surface area (TPSA) is 127 Å². The number of anilines is 2. The quantitative estimate of drug-likeness (QED) is 0.439. The zero-order valence-corrected chi connectivity index (χ0v) is 22.0. The van der Waals surface area contributed by atoms with Crippen LogP contribution in [0.1, 0.15) is 30.4 Å². The molecule has 3 aromatic rings. The highest BCUT2D eigenvalue weighted by atomic mass is 19.4. The van der Waals surface area contributed by atoms with E-state index in [-0.39, 0.29) is 40.5 Å². The van der Waals surface area contributed by atoms with Crippen molar-refractivity contribution < 1.29 is 17.9 Å². The lowest BCUT2D eigenvalue weighted by molar-refractivity contribution is -0.137. The molecule has 1 aromatic heterocycles. The molecule has 0 spiro atoms. The second kappa shape index (κ2) is 11.2. The number of likely N-dealkylation sites (tertiary alicyclic amines) is 1. The number of aromatic nitrogens is 2. The molecule has 0 bridgehead atoms. The monoisotopic (exact) mass is 550 g/mol. The zero-order chi connectivity index (χ0) is 28.4. The Morgan fingerprint density at radius 3 is 2.67 bits per heavy atom. The summed E-state index contributed by atoms with van der Waals surface area (Å²) in [5.74, 6) is 0.510. The molecule has 2 aliphatic heterocycles. The van der Waals surface area contributed by atoms with E-state index in [0.29, 0.717) is 49.4 Å². The predicted octanol–water partition coefficient (Wildman–Crippen LogP) is 3.93. The Morgan fingerprint density at radius 2 is 1.98 bits per heavy atom. The van der Waals surface area contributed by atoms with Crippen LogP contribution in [0.4, 0.5) is 24.7 Å². The molecule has 2 aromatic carbocycles. The van der Waals surface area contributed by atoms with Crippen LogP contribution in [0, 0.1) is 22.7 Å². The van der Waals surface area contributed by atoms with E-state index in [1.807, 2.05) is 11.9 Å². The number of nitrogens with zero attached hydrogens (tertiary/aromatic N) is 6. The molecule has 5 rings (SSSR count). The summed E-state index contributed by atoms with van der Waals surface area (Å²) in [6, 6.07) is 10.8. The van der Waals surface area contributed by atoms with Gasteiger partial charge in [0.05, 0.1) is 35.2 Å². The summed E-state index contributed by atoms with van der Waals surface area (Å²) >= 11 is 0. The maximum absolute atomic E-state index is 14.0. The van der Waals surface area contributed by atoms with Crippen LogP contribution < -0.4 is 20.7 Å². The number of ether oxygens (including phenoxy) is 1. The molecule has 3 heterocycles. The maximum Gasteiger partial charge on any atom is 0.417 e. The van der Waals surface area contributed by atoms with Gasteiger partial charge in [0.25, 0.3) is 0 Å². The largest absolute Gasteiger partial charge is 0.462 e.